The molecule has 0 radical (unpaired) electrons. The lowest BCUT2D eigenvalue weighted by Gasteiger charge is -2.09. The molecular weight excluding hydrogens is 256 g/mol. The van der Waals surface area contributed by atoms with Crippen LogP contribution in [0, 0.1) is 0 Å². The van der Waals surface area contributed by atoms with Crippen LogP contribution in [-0.2, 0) is 12.8 Å². The Labute approximate surface area is 126 Å². The predicted octanol–water partition coefficient (Wildman–Crippen LogP) is 4.31. The van der Waals surface area contributed by atoms with Gasteiger partial charge in [0.15, 0.2) is 0 Å². The van der Waals surface area contributed by atoms with Crippen LogP contribution in [0.5, 0.6) is 0 Å². The van der Waals surface area contributed by atoms with E-state index in [2.05, 4.69) is 84.9 Å². The first-order chi connectivity index (χ1) is 9.93. The summed E-state index contributed by atoms with van der Waals surface area (Å²) in [5.41, 5.74) is 5.47. The number of rotatable bonds is 4. The molecule has 0 aromatic heterocycles. The Morgan fingerprint density at radius 2 is 1.10 bits per heavy atom. The van der Waals surface area contributed by atoms with Gasteiger partial charge in [-0.05, 0) is 35.1 Å². The van der Waals surface area contributed by atoms with Crippen molar-refractivity contribution in [2.75, 3.05) is 0 Å². The zero-order valence-corrected chi connectivity index (χ0v) is 12.0. The molecule has 0 saturated carbocycles. The lowest BCUT2D eigenvalue weighted by Crippen LogP contribution is -1.94. The minimum Gasteiger partial charge on any atom is -0.412 e. The van der Waals surface area contributed by atoms with Crippen LogP contribution in [-0.4, -0.2) is 5.48 Å². The molecule has 3 aromatic rings. The van der Waals surface area contributed by atoms with Crippen molar-refractivity contribution < 1.29 is 5.48 Å². The maximum Gasteiger partial charge on any atom is -0.0152 e. The van der Waals surface area contributed by atoms with Gasteiger partial charge in [-0.25, -0.2) is 0 Å². The fourth-order valence-electron chi connectivity index (χ4n) is 2.56. The topological polar surface area (TPSA) is 31.5 Å². The maximum absolute atomic E-state index is 2.24. The summed E-state index contributed by atoms with van der Waals surface area (Å²) in [5, 5.41) is 0. The van der Waals surface area contributed by atoms with Gasteiger partial charge < -0.3 is 5.48 Å². The first-order valence-corrected chi connectivity index (χ1v) is 7.11. The lowest BCUT2D eigenvalue weighted by atomic mass is 9.95. The average molecular weight is 276 g/mol. The number of benzene rings is 3. The van der Waals surface area contributed by atoms with E-state index in [1.807, 2.05) is 0 Å². The lowest BCUT2D eigenvalue weighted by molar-refractivity contribution is 0.824. The number of hydrogen-bond acceptors (Lipinski definition) is 0. The third-order valence-electron chi connectivity index (χ3n) is 3.63. The van der Waals surface area contributed by atoms with E-state index in [-0.39, 0.29) is 5.48 Å². The Bertz CT molecular complexity index is 660. The molecule has 0 saturated heterocycles. The second-order valence-electron chi connectivity index (χ2n) is 5.01. The van der Waals surface area contributed by atoms with Gasteiger partial charge in [0.1, 0.15) is 0 Å². The molecule has 106 valence electrons. The highest BCUT2D eigenvalue weighted by molar-refractivity contribution is 5.67. The van der Waals surface area contributed by atoms with Crippen molar-refractivity contribution in [3.63, 3.8) is 0 Å². The van der Waals surface area contributed by atoms with Crippen molar-refractivity contribution in [1.82, 2.24) is 0 Å². The average Bonchev–Trinajstić information content (AvgIpc) is 2.55. The summed E-state index contributed by atoms with van der Waals surface area (Å²) >= 11 is 0. The van der Waals surface area contributed by atoms with Crippen LogP contribution in [0.1, 0.15) is 11.1 Å². The SMILES string of the molecule is O.c1ccc(CCc2ccccc2-c2ccccc2)cc1. The molecular formula is C20H20O. The highest BCUT2D eigenvalue weighted by Gasteiger charge is 2.04. The smallest absolute Gasteiger partial charge is 0.0152 e. The molecule has 1 heteroatoms. The minimum absolute atomic E-state index is 0. The van der Waals surface area contributed by atoms with Gasteiger partial charge in [-0.2, -0.15) is 0 Å². The number of aryl methyl sites for hydroxylation is 2. The van der Waals surface area contributed by atoms with E-state index < -0.39 is 0 Å². The Kier molecular flexibility index (Phi) is 5.30. The highest BCUT2D eigenvalue weighted by atomic mass is 16.0. The molecule has 0 fully saturated rings. The molecule has 3 aromatic carbocycles. The van der Waals surface area contributed by atoms with Crippen LogP contribution in [0.25, 0.3) is 11.1 Å². The highest BCUT2D eigenvalue weighted by Crippen LogP contribution is 2.24. The molecule has 0 aliphatic carbocycles. The maximum atomic E-state index is 2.24. The van der Waals surface area contributed by atoms with Crippen LogP contribution in [0.4, 0.5) is 0 Å². The predicted molar refractivity (Wildman–Crippen MR) is 89.3 cm³/mol. The van der Waals surface area contributed by atoms with E-state index in [1.165, 1.54) is 22.3 Å². The van der Waals surface area contributed by atoms with Gasteiger partial charge in [0.05, 0.1) is 0 Å². The van der Waals surface area contributed by atoms with E-state index in [0.717, 1.165) is 12.8 Å². The second kappa shape index (κ2) is 7.41. The van der Waals surface area contributed by atoms with Gasteiger partial charge >= 0.3 is 0 Å². The fraction of sp³-hybridized carbons (Fsp3) is 0.100. The summed E-state index contributed by atoms with van der Waals surface area (Å²) in [4.78, 5) is 0. The summed E-state index contributed by atoms with van der Waals surface area (Å²) in [6, 6.07) is 30.0. The fourth-order valence-corrected chi connectivity index (χ4v) is 2.56. The first kappa shape index (κ1) is 15.0. The summed E-state index contributed by atoms with van der Waals surface area (Å²) in [7, 11) is 0. The first-order valence-electron chi connectivity index (χ1n) is 7.11. The van der Waals surface area contributed by atoms with E-state index in [4.69, 9.17) is 0 Å². The molecule has 0 spiro atoms. The molecule has 21 heavy (non-hydrogen) atoms. The van der Waals surface area contributed by atoms with Crippen molar-refractivity contribution in [2.45, 2.75) is 12.8 Å². The van der Waals surface area contributed by atoms with Crippen molar-refractivity contribution in [1.29, 1.82) is 0 Å². The molecule has 0 atom stereocenters. The molecule has 3 rings (SSSR count). The van der Waals surface area contributed by atoms with Crippen LogP contribution < -0.4 is 0 Å². The normalized spacial score (nSPS) is 9.90. The Morgan fingerprint density at radius 1 is 0.524 bits per heavy atom. The van der Waals surface area contributed by atoms with Crippen molar-refractivity contribution >= 4 is 0 Å². The van der Waals surface area contributed by atoms with Gasteiger partial charge in [0.25, 0.3) is 0 Å². The van der Waals surface area contributed by atoms with Crippen LogP contribution in [0.2, 0.25) is 0 Å². The third kappa shape index (κ3) is 3.80. The molecule has 2 N–H and O–H groups in total. The van der Waals surface area contributed by atoms with E-state index in [1.54, 1.807) is 0 Å². The Morgan fingerprint density at radius 3 is 1.81 bits per heavy atom. The van der Waals surface area contributed by atoms with E-state index in [9.17, 15) is 0 Å². The van der Waals surface area contributed by atoms with E-state index in [0.29, 0.717) is 0 Å². The summed E-state index contributed by atoms with van der Waals surface area (Å²) in [6.45, 7) is 0. The molecule has 0 heterocycles. The Balaban J connectivity index is 0.00000161. The molecule has 0 bridgehead atoms. The van der Waals surface area contributed by atoms with Crippen LogP contribution >= 0.6 is 0 Å². The van der Waals surface area contributed by atoms with Gasteiger partial charge in [-0.3, -0.25) is 0 Å². The standard InChI is InChI=1S/C20H18.H2O/c1-3-9-17(10-4-1)15-16-19-13-7-8-14-20(19)18-11-5-2-6-12-18;/h1-14H,15-16H2;1H2. The summed E-state index contributed by atoms with van der Waals surface area (Å²) in [6.07, 6.45) is 2.17. The molecule has 0 aliphatic rings. The second-order valence-corrected chi connectivity index (χ2v) is 5.01. The molecule has 1 nitrogen and oxygen atoms in total. The third-order valence-corrected chi connectivity index (χ3v) is 3.63. The van der Waals surface area contributed by atoms with Gasteiger partial charge in [-0.1, -0.05) is 84.9 Å². The quantitative estimate of drug-likeness (QED) is 0.680. The number of hydrogen-bond donors (Lipinski definition) is 0. The zero-order chi connectivity index (χ0) is 13.6. The largest absolute Gasteiger partial charge is 0.412 e. The zero-order valence-electron chi connectivity index (χ0n) is 12.0. The van der Waals surface area contributed by atoms with Crippen molar-refractivity contribution in [3.05, 3.63) is 96.1 Å². The van der Waals surface area contributed by atoms with Gasteiger partial charge in [0.2, 0.25) is 0 Å². The van der Waals surface area contributed by atoms with Crippen LogP contribution in [0.15, 0.2) is 84.9 Å². The molecule has 0 unspecified atom stereocenters. The molecule has 0 amide bonds. The minimum atomic E-state index is 0. The summed E-state index contributed by atoms with van der Waals surface area (Å²) < 4.78 is 0. The van der Waals surface area contributed by atoms with Crippen LogP contribution in [0.3, 0.4) is 0 Å². The molecule has 0 aliphatic heterocycles. The van der Waals surface area contributed by atoms with Crippen molar-refractivity contribution in [2.24, 2.45) is 0 Å². The monoisotopic (exact) mass is 276 g/mol. The van der Waals surface area contributed by atoms with Gasteiger partial charge in [-0.15, -0.1) is 0 Å². The van der Waals surface area contributed by atoms with Crippen molar-refractivity contribution in [3.8, 4) is 11.1 Å². The van der Waals surface area contributed by atoms with Gasteiger partial charge in [0, 0.05) is 0 Å². The Hall–Kier alpha value is -2.38. The van der Waals surface area contributed by atoms with E-state index >= 15 is 0 Å². The summed E-state index contributed by atoms with van der Waals surface area (Å²) in [5.74, 6) is 0.